The summed E-state index contributed by atoms with van der Waals surface area (Å²) in [5.74, 6) is 0.167. The van der Waals surface area contributed by atoms with Crippen LogP contribution in [0.15, 0.2) is 24.4 Å². The van der Waals surface area contributed by atoms with E-state index in [0.29, 0.717) is 10.5 Å². The topological polar surface area (TPSA) is 33.1 Å². The van der Waals surface area contributed by atoms with E-state index in [1.54, 1.807) is 18.3 Å². The molecule has 0 amide bonds. The molecule has 0 fully saturated rings. The Morgan fingerprint density at radius 1 is 1.25 bits per heavy atom. The molecule has 0 saturated heterocycles. The third-order valence-corrected chi connectivity index (χ3v) is 2.97. The van der Waals surface area contributed by atoms with Crippen LogP contribution < -0.4 is 0 Å². The predicted molar refractivity (Wildman–Crippen MR) is 67.1 cm³/mol. The number of fused-ring (bicyclic) bond motifs is 1. The van der Waals surface area contributed by atoms with E-state index in [4.69, 9.17) is 11.6 Å². The van der Waals surface area contributed by atoms with Gasteiger partial charge in [-0.1, -0.05) is 32.4 Å². The summed E-state index contributed by atoms with van der Waals surface area (Å²) in [5, 5.41) is 11.1. The van der Waals surface area contributed by atoms with Crippen molar-refractivity contribution in [3.05, 3.63) is 35.0 Å². The molecule has 0 bridgehead atoms. The van der Waals surface area contributed by atoms with Crippen LogP contribution in [0.2, 0.25) is 5.02 Å². The van der Waals surface area contributed by atoms with Crippen LogP contribution in [0.25, 0.3) is 10.9 Å². The molecule has 1 aromatic carbocycles. The minimum Gasteiger partial charge on any atom is -0.506 e. The van der Waals surface area contributed by atoms with Gasteiger partial charge >= 0.3 is 0 Å². The van der Waals surface area contributed by atoms with Gasteiger partial charge < -0.3 is 5.11 Å². The third kappa shape index (κ3) is 1.85. The van der Waals surface area contributed by atoms with Gasteiger partial charge in [-0.2, -0.15) is 0 Å². The molecule has 1 N–H and O–H groups in total. The van der Waals surface area contributed by atoms with Gasteiger partial charge in [-0.05, 0) is 29.2 Å². The fraction of sp³-hybridized carbons (Fsp3) is 0.308. The zero-order valence-electron chi connectivity index (χ0n) is 9.58. The number of hydrogen-bond donors (Lipinski definition) is 1. The van der Waals surface area contributed by atoms with Crippen molar-refractivity contribution in [1.29, 1.82) is 0 Å². The lowest BCUT2D eigenvalue weighted by molar-refractivity contribution is 0.480. The van der Waals surface area contributed by atoms with Crippen LogP contribution in [-0.2, 0) is 5.41 Å². The number of hydrogen-bond acceptors (Lipinski definition) is 2. The number of nitrogens with zero attached hydrogens (tertiary/aromatic N) is 1. The molecule has 0 spiro atoms. The summed E-state index contributed by atoms with van der Waals surface area (Å²) in [4.78, 5) is 4.27. The van der Waals surface area contributed by atoms with Gasteiger partial charge in [0, 0.05) is 11.6 Å². The molecule has 0 aliphatic rings. The molecule has 3 heteroatoms. The highest BCUT2D eigenvalue weighted by Crippen LogP contribution is 2.32. The van der Waals surface area contributed by atoms with Gasteiger partial charge in [-0.25, -0.2) is 0 Å². The van der Waals surface area contributed by atoms with Crippen molar-refractivity contribution in [2.24, 2.45) is 0 Å². The predicted octanol–water partition coefficient (Wildman–Crippen LogP) is 3.89. The lowest BCUT2D eigenvalue weighted by Crippen LogP contribution is -2.11. The second-order valence-electron chi connectivity index (χ2n) is 4.94. The monoisotopic (exact) mass is 235 g/mol. The first-order valence-electron chi connectivity index (χ1n) is 5.17. The van der Waals surface area contributed by atoms with Crippen LogP contribution in [0.4, 0.5) is 0 Å². The number of halogens is 1. The number of benzene rings is 1. The number of aromatic nitrogens is 1. The number of phenols is 1. The van der Waals surface area contributed by atoms with E-state index in [1.165, 1.54) is 0 Å². The van der Waals surface area contributed by atoms with Gasteiger partial charge in [-0.3, -0.25) is 4.98 Å². The van der Waals surface area contributed by atoms with Crippen LogP contribution in [-0.4, -0.2) is 10.1 Å². The molecule has 0 aliphatic carbocycles. The van der Waals surface area contributed by atoms with Gasteiger partial charge in [-0.15, -0.1) is 0 Å². The Hall–Kier alpha value is -1.28. The molecule has 1 heterocycles. The summed E-state index contributed by atoms with van der Waals surface area (Å²) in [6.07, 6.45) is 1.79. The van der Waals surface area contributed by atoms with Crippen LogP contribution in [0.1, 0.15) is 26.3 Å². The molecule has 2 aromatic rings. The minimum absolute atomic E-state index is 0.0238. The lowest BCUT2D eigenvalue weighted by atomic mass is 9.87. The SMILES string of the molecule is CC(C)(C)c1cnc2c(O)ccc(Cl)c2c1. The van der Waals surface area contributed by atoms with Gasteiger partial charge in [0.1, 0.15) is 11.3 Å². The van der Waals surface area contributed by atoms with Crippen molar-refractivity contribution in [1.82, 2.24) is 4.98 Å². The standard InChI is InChI=1S/C13H14ClNO/c1-13(2,3)8-6-9-10(14)4-5-11(16)12(9)15-7-8/h4-7,16H,1-3H3. The fourth-order valence-corrected chi connectivity index (χ4v) is 1.79. The van der Waals surface area contributed by atoms with Crippen molar-refractivity contribution in [3.8, 4) is 5.75 Å². The molecule has 16 heavy (non-hydrogen) atoms. The highest BCUT2D eigenvalue weighted by molar-refractivity contribution is 6.35. The van der Waals surface area contributed by atoms with Crippen molar-refractivity contribution in [2.75, 3.05) is 0 Å². The molecule has 2 rings (SSSR count). The van der Waals surface area contributed by atoms with Crippen molar-refractivity contribution in [2.45, 2.75) is 26.2 Å². The first-order chi connectivity index (χ1) is 7.39. The fourth-order valence-electron chi connectivity index (χ4n) is 1.58. The molecule has 0 saturated carbocycles. The van der Waals surface area contributed by atoms with Crippen LogP contribution >= 0.6 is 11.6 Å². The van der Waals surface area contributed by atoms with Gasteiger partial charge in [0.15, 0.2) is 0 Å². The highest BCUT2D eigenvalue weighted by Gasteiger charge is 2.16. The molecule has 1 aromatic heterocycles. The van der Waals surface area contributed by atoms with Crippen LogP contribution in [0.3, 0.4) is 0 Å². The average molecular weight is 236 g/mol. The van der Waals surface area contributed by atoms with Crippen LogP contribution in [0, 0.1) is 0 Å². The summed E-state index contributed by atoms with van der Waals surface area (Å²) in [5.41, 5.74) is 1.68. The normalized spacial score (nSPS) is 12.0. The quantitative estimate of drug-likeness (QED) is 0.752. The zero-order valence-corrected chi connectivity index (χ0v) is 10.3. The van der Waals surface area contributed by atoms with E-state index >= 15 is 0 Å². The molecular weight excluding hydrogens is 222 g/mol. The second-order valence-corrected chi connectivity index (χ2v) is 5.34. The first-order valence-corrected chi connectivity index (χ1v) is 5.55. The average Bonchev–Trinajstić information content (AvgIpc) is 2.22. The summed E-state index contributed by atoms with van der Waals surface area (Å²) in [6.45, 7) is 6.35. The molecule has 84 valence electrons. The second kappa shape index (κ2) is 3.63. The first kappa shape index (κ1) is 11.2. The van der Waals surface area contributed by atoms with E-state index in [9.17, 15) is 5.11 Å². The largest absolute Gasteiger partial charge is 0.506 e. The molecule has 0 unspecified atom stereocenters. The van der Waals surface area contributed by atoms with E-state index in [-0.39, 0.29) is 11.2 Å². The Morgan fingerprint density at radius 3 is 2.56 bits per heavy atom. The maximum absolute atomic E-state index is 9.67. The molecule has 0 aliphatic heterocycles. The molecule has 0 radical (unpaired) electrons. The maximum atomic E-state index is 9.67. The third-order valence-electron chi connectivity index (χ3n) is 2.64. The zero-order chi connectivity index (χ0) is 11.9. The van der Waals surface area contributed by atoms with E-state index in [2.05, 4.69) is 25.8 Å². The van der Waals surface area contributed by atoms with Crippen molar-refractivity contribution in [3.63, 3.8) is 0 Å². The Kier molecular flexibility index (Phi) is 2.55. The summed E-state index contributed by atoms with van der Waals surface area (Å²) >= 11 is 6.10. The highest BCUT2D eigenvalue weighted by atomic mass is 35.5. The number of rotatable bonds is 0. The molecule has 2 nitrogen and oxygen atoms in total. The Bertz CT molecular complexity index is 543. The summed E-state index contributed by atoms with van der Waals surface area (Å²) in [7, 11) is 0. The van der Waals surface area contributed by atoms with Crippen molar-refractivity contribution >= 4 is 22.5 Å². The van der Waals surface area contributed by atoms with E-state index in [1.807, 2.05) is 6.07 Å². The summed E-state index contributed by atoms with van der Waals surface area (Å²) < 4.78 is 0. The molecular formula is C13H14ClNO. The van der Waals surface area contributed by atoms with Gasteiger partial charge in [0.2, 0.25) is 0 Å². The summed E-state index contributed by atoms with van der Waals surface area (Å²) in [6, 6.07) is 5.24. The van der Waals surface area contributed by atoms with Crippen molar-refractivity contribution < 1.29 is 5.11 Å². The Labute approximate surface area is 99.9 Å². The minimum atomic E-state index is 0.0238. The van der Waals surface area contributed by atoms with Gasteiger partial charge in [0.25, 0.3) is 0 Å². The van der Waals surface area contributed by atoms with E-state index in [0.717, 1.165) is 10.9 Å². The van der Waals surface area contributed by atoms with Gasteiger partial charge in [0.05, 0.1) is 5.02 Å². The maximum Gasteiger partial charge on any atom is 0.141 e. The number of phenolic OH excluding ortho intramolecular Hbond substituents is 1. The lowest BCUT2D eigenvalue weighted by Gasteiger charge is -2.19. The van der Waals surface area contributed by atoms with Crippen LogP contribution in [0.5, 0.6) is 5.75 Å². The van der Waals surface area contributed by atoms with E-state index < -0.39 is 0 Å². The Morgan fingerprint density at radius 2 is 1.94 bits per heavy atom. The Balaban J connectivity index is 2.76. The number of pyridine rings is 1. The smallest absolute Gasteiger partial charge is 0.141 e. The molecule has 0 atom stereocenters. The number of aromatic hydroxyl groups is 1.